The molecule has 1 aromatic rings. The molecule has 0 heterocycles. The molecule has 0 spiro atoms. The molecule has 0 aliphatic rings. The molecule has 5 heteroatoms. The number of nitrogens with two attached hydrogens (primary N) is 1. The van der Waals surface area contributed by atoms with Crippen LogP contribution in [0.15, 0.2) is 18.2 Å². The van der Waals surface area contributed by atoms with E-state index in [-0.39, 0.29) is 16.6 Å². The Morgan fingerprint density at radius 2 is 1.82 bits per heavy atom. The minimum Gasteiger partial charge on any atom is -0.412 e. The highest BCUT2D eigenvalue weighted by molar-refractivity contribution is 6.32. The second-order valence-electron chi connectivity index (χ2n) is 1.78. The molecule has 0 unspecified atom stereocenters. The van der Waals surface area contributed by atoms with Crippen molar-refractivity contribution in [2.75, 3.05) is 5.73 Å². The van der Waals surface area contributed by atoms with Crippen LogP contribution >= 0.6 is 0 Å². The van der Waals surface area contributed by atoms with E-state index < -0.39 is 5.82 Å². The molecule has 0 amide bonds. The van der Waals surface area contributed by atoms with Crippen molar-refractivity contribution in [3.05, 3.63) is 24.0 Å². The third kappa shape index (κ3) is 3.02. The maximum absolute atomic E-state index is 12.3. The van der Waals surface area contributed by atoms with Crippen LogP contribution in [0.5, 0.6) is 0 Å². The molecule has 2 radical (unpaired) electrons. The normalized spacial score (nSPS) is 7.73. The zero-order valence-electron chi connectivity index (χ0n) is 5.76. The van der Waals surface area contributed by atoms with Crippen LogP contribution < -0.4 is 11.2 Å². The fourth-order valence-electron chi connectivity index (χ4n) is 0.562. The van der Waals surface area contributed by atoms with Gasteiger partial charge in [-0.25, -0.2) is 4.39 Å². The first-order valence-corrected chi connectivity index (χ1v) is 2.50. The van der Waals surface area contributed by atoms with Gasteiger partial charge in [-0.3, -0.25) is 0 Å². The lowest BCUT2D eigenvalue weighted by molar-refractivity contribution is 0.633. The van der Waals surface area contributed by atoms with Crippen molar-refractivity contribution < 1.29 is 15.3 Å². The second-order valence-corrected chi connectivity index (χ2v) is 1.78. The molecule has 0 aliphatic carbocycles. The molecule has 1 aromatic carbocycles. The van der Waals surface area contributed by atoms with Crippen molar-refractivity contribution in [1.82, 2.24) is 0 Å². The highest BCUT2D eigenvalue weighted by Gasteiger charge is 1.93. The quantitative estimate of drug-likeness (QED) is 0.362. The molecule has 60 valence electrons. The maximum Gasteiger partial charge on any atom is 0.146 e. The number of benzene rings is 1. The average Bonchev–Trinajstić information content (AvgIpc) is 1.80. The van der Waals surface area contributed by atoms with Crippen LogP contribution in [-0.2, 0) is 0 Å². The van der Waals surface area contributed by atoms with Crippen molar-refractivity contribution in [2.24, 2.45) is 0 Å². The zero-order chi connectivity index (χ0) is 6.85. The minimum atomic E-state index is -0.427. The summed E-state index contributed by atoms with van der Waals surface area (Å²) in [6, 6.07) is 4.09. The molecule has 3 nitrogen and oxygen atoms in total. The monoisotopic (exact) mass is 157 g/mol. The summed E-state index contributed by atoms with van der Waals surface area (Å²) in [5.41, 5.74) is 5.74. The molecular weight excluding hydrogens is 148 g/mol. The van der Waals surface area contributed by atoms with Crippen LogP contribution in [0.4, 0.5) is 10.1 Å². The lowest BCUT2D eigenvalue weighted by Crippen LogP contribution is -2.04. The Hall–Kier alpha value is -1.07. The van der Waals surface area contributed by atoms with Gasteiger partial charge in [0.05, 0.1) is 5.69 Å². The SMILES string of the molecule is O.O.[B]c1ccc(F)c(N)c1. The van der Waals surface area contributed by atoms with E-state index in [9.17, 15) is 4.39 Å². The Balaban J connectivity index is 0. The molecule has 0 aromatic heterocycles. The van der Waals surface area contributed by atoms with E-state index >= 15 is 0 Å². The van der Waals surface area contributed by atoms with Crippen molar-refractivity contribution in [2.45, 2.75) is 0 Å². The third-order valence-corrected chi connectivity index (χ3v) is 1.02. The van der Waals surface area contributed by atoms with Gasteiger partial charge in [0.1, 0.15) is 13.7 Å². The predicted molar refractivity (Wildman–Crippen MR) is 43.4 cm³/mol. The van der Waals surface area contributed by atoms with Crippen molar-refractivity contribution in [1.29, 1.82) is 0 Å². The second kappa shape index (κ2) is 4.70. The summed E-state index contributed by atoms with van der Waals surface area (Å²) >= 11 is 0. The molecular formula is C6H9BFNO2. The molecule has 0 atom stereocenters. The van der Waals surface area contributed by atoms with Gasteiger partial charge in [-0.15, -0.1) is 0 Å². The van der Waals surface area contributed by atoms with E-state index in [1.165, 1.54) is 18.2 Å². The Bertz CT molecular complexity index is 232. The lowest BCUT2D eigenvalue weighted by Gasteiger charge is -1.95. The standard InChI is InChI=1S/C6H5BFN.2H2O/c7-4-1-2-5(8)6(9)3-4;;/h1-3H,9H2;2*1H2. The van der Waals surface area contributed by atoms with Crippen LogP contribution in [0.25, 0.3) is 0 Å². The highest BCUT2D eigenvalue weighted by Crippen LogP contribution is 2.04. The van der Waals surface area contributed by atoms with Crippen molar-refractivity contribution in [3.8, 4) is 0 Å². The first-order chi connectivity index (χ1) is 4.20. The van der Waals surface area contributed by atoms with Gasteiger partial charge < -0.3 is 16.7 Å². The number of rotatable bonds is 0. The number of hydrogen-bond donors (Lipinski definition) is 1. The van der Waals surface area contributed by atoms with Gasteiger partial charge in [0, 0.05) is 0 Å². The van der Waals surface area contributed by atoms with Crippen LogP contribution in [0.2, 0.25) is 0 Å². The smallest absolute Gasteiger partial charge is 0.146 e. The molecule has 0 aliphatic heterocycles. The molecule has 0 fully saturated rings. The fourth-order valence-corrected chi connectivity index (χ4v) is 0.562. The molecule has 0 saturated carbocycles. The highest BCUT2D eigenvalue weighted by atomic mass is 19.1. The van der Waals surface area contributed by atoms with E-state index in [1.807, 2.05) is 0 Å². The van der Waals surface area contributed by atoms with E-state index in [4.69, 9.17) is 13.6 Å². The fraction of sp³-hybridized carbons (Fsp3) is 0. The molecule has 0 saturated heterocycles. The van der Waals surface area contributed by atoms with E-state index in [2.05, 4.69) is 0 Å². The van der Waals surface area contributed by atoms with Gasteiger partial charge in [0.25, 0.3) is 0 Å². The van der Waals surface area contributed by atoms with Gasteiger partial charge >= 0.3 is 0 Å². The van der Waals surface area contributed by atoms with Crippen molar-refractivity contribution >= 4 is 19.0 Å². The molecule has 0 bridgehead atoms. The number of anilines is 1. The van der Waals surface area contributed by atoms with Crippen LogP contribution in [0.1, 0.15) is 0 Å². The lowest BCUT2D eigenvalue weighted by atomic mass is 9.96. The van der Waals surface area contributed by atoms with E-state index in [0.717, 1.165) is 0 Å². The first-order valence-electron chi connectivity index (χ1n) is 2.50. The van der Waals surface area contributed by atoms with Crippen LogP contribution in [-0.4, -0.2) is 18.8 Å². The average molecular weight is 157 g/mol. The Labute approximate surface area is 65.1 Å². The predicted octanol–water partition coefficient (Wildman–Crippen LogP) is -1.45. The molecule has 11 heavy (non-hydrogen) atoms. The van der Waals surface area contributed by atoms with Gasteiger partial charge in [0.15, 0.2) is 0 Å². The molecule has 1 rings (SSSR count). The summed E-state index contributed by atoms with van der Waals surface area (Å²) in [5, 5.41) is 0. The molecule has 6 N–H and O–H groups in total. The van der Waals surface area contributed by atoms with E-state index in [0.29, 0.717) is 5.46 Å². The van der Waals surface area contributed by atoms with Gasteiger partial charge in [-0.1, -0.05) is 11.5 Å². The summed E-state index contributed by atoms with van der Waals surface area (Å²) in [6.45, 7) is 0. The topological polar surface area (TPSA) is 89.0 Å². The Morgan fingerprint density at radius 1 is 1.27 bits per heavy atom. The zero-order valence-corrected chi connectivity index (χ0v) is 5.76. The summed E-state index contributed by atoms with van der Waals surface area (Å²) in [7, 11) is 5.28. The Morgan fingerprint density at radius 3 is 2.18 bits per heavy atom. The van der Waals surface area contributed by atoms with Gasteiger partial charge in [-0.05, 0) is 12.1 Å². The number of hydrogen-bond acceptors (Lipinski definition) is 1. The summed E-state index contributed by atoms with van der Waals surface area (Å²) < 4.78 is 12.3. The summed E-state index contributed by atoms with van der Waals surface area (Å²) in [4.78, 5) is 0. The van der Waals surface area contributed by atoms with Gasteiger partial charge in [-0.2, -0.15) is 0 Å². The summed E-state index contributed by atoms with van der Waals surface area (Å²) in [6.07, 6.45) is 0. The van der Waals surface area contributed by atoms with Crippen molar-refractivity contribution in [3.63, 3.8) is 0 Å². The largest absolute Gasteiger partial charge is 0.412 e. The summed E-state index contributed by atoms with van der Waals surface area (Å²) in [5.74, 6) is -0.427. The third-order valence-electron chi connectivity index (χ3n) is 1.02. The number of halogens is 1. The maximum atomic E-state index is 12.3. The minimum absolute atomic E-state index is 0. The first kappa shape index (κ1) is 12.6. The Kier molecular flexibility index (Phi) is 5.39. The van der Waals surface area contributed by atoms with Gasteiger partial charge in [0.2, 0.25) is 0 Å². The van der Waals surface area contributed by atoms with E-state index in [1.54, 1.807) is 0 Å². The van der Waals surface area contributed by atoms with Crippen LogP contribution in [0.3, 0.4) is 0 Å². The number of nitrogen functional groups attached to an aromatic ring is 1. The van der Waals surface area contributed by atoms with Crippen LogP contribution in [0, 0.1) is 5.82 Å².